The van der Waals surface area contributed by atoms with Gasteiger partial charge in [-0.05, 0) is 47.8 Å². The van der Waals surface area contributed by atoms with Gasteiger partial charge in [0.15, 0.2) is 10.6 Å². The van der Waals surface area contributed by atoms with Crippen LogP contribution in [-0.2, 0) is 6.42 Å². The molecule has 1 aliphatic carbocycles. The quantitative estimate of drug-likeness (QED) is 0.330. The highest BCUT2D eigenvalue weighted by atomic mass is 32.1. The number of para-hydroxylation sites is 1. The number of fused-ring (bicyclic) bond motifs is 3. The molecule has 0 unspecified atom stereocenters. The second-order valence-electron chi connectivity index (χ2n) is 8.86. The average molecular weight is 512 g/mol. The van der Waals surface area contributed by atoms with Crippen molar-refractivity contribution in [3.63, 3.8) is 0 Å². The molecule has 3 aromatic carbocycles. The van der Waals surface area contributed by atoms with Gasteiger partial charge in [0, 0.05) is 17.2 Å². The van der Waals surface area contributed by atoms with Gasteiger partial charge >= 0.3 is 5.69 Å². The zero-order chi connectivity index (χ0) is 25.7. The van der Waals surface area contributed by atoms with Crippen LogP contribution in [0.3, 0.4) is 0 Å². The van der Waals surface area contributed by atoms with E-state index in [0.29, 0.717) is 20.6 Å². The third-order valence-corrected chi connectivity index (χ3v) is 7.78. The number of nitro groups is 1. The van der Waals surface area contributed by atoms with Gasteiger partial charge in [-0.3, -0.25) is 19.5 Å². The van der Waals surface area contributed by atoms with Crippen LogP contribution >= 0.6 is 11.3 Å². The molecule has 0 radical (unpaired) electrons. The third kappa shape index (κ3) is 3.75. The van der Waals surface area contributed by atoms with Crippen LogP contribution in [0, 0.1) is 10.1 Å². The summed E-state index contributed by atoms with van der Waals surface area (Å²) < 4.78 is 7.79. The number of aromatic nitrogens is 1. The van der Waals surface area contributed by atoms with Crippen LogP contribution in [0.5, 0.6) is 11.5 Å². The van der Waals surface area contributed by atoms with E-state index in [4.69, 9.17) is 9.73 Å². The van der Waals surface area contributed by atoms with E-state index < -0.39 is 22.4 Å². The van der Waals surface area contributed by atoms with Crippen molar-refractivity contribution in [3.8, 4) is 11.5 Å². The Morgan fingerprint density at radius 2 is 1.92 bits per heavy atom. The number of phenolic OH excluding ortho intramolecular Hbond substituents is 1. The first-order valence-electron chi connectivity index (χ1n) is 11.7. The largest absolute Gasteiger partial charge is 0.502 e. The molecule has 0 amide bonds. The van der Waals surface area contributed by atoms with Crippen LogP contribution < -0.4 is 19.6 Å². The Labute approximate surface area is 214 Å². The first kappa shape index (κ1) is 22.9. The Morgan fingerprint density at radius 1 is 1.14 bits per heavy atom. The monoisotopic (exact) mass is 511 g/mol. The number of hydrogen-bond donors (Lipinski definition) is 1. The van der Waals surface area contributed by atoms with Crippen molar-refractivity contribution in [2.45, 2.75) is 18.9 Å². The van der Waals surface area contributed by atoms with E-state index in [9.17, 15) is 20.0 Å². The zero-order valence-electron chi connectivity index (χ0n) is 19.7. The molecule has 8 nitrogen and oxygen atoms in total. The molecule has 0 bridgehead atoms. The van der Waals surface area contributed by atoms with Crippen molar-refractivity contribution in [1.29, 1.82) is 0 Å². The second kappa shape index (κ2) is 8.86. The molecule has 1 atom stereocenters. The van der Waals surface area contributed by atoms with E-state index in [1.54, 1.807) is 23.8 Å². The van der Waals surface area contributed by atoms with Crippen LogP contribution in [0.15, 0.2) is 82.1 Å². The highest BCUT2D eigenvalue weighted by Crippen LogP contribution is 2.43. The lowest BCUT2D eigenvalue weighted by Crippen LogP contribution is -2.39. The molecule has 0 fully saturated rings. The molecule has 37 heavy (non-hydrogen) atoms. The molecule has 1 aliphatic heterocycles. The van der Waals surface area contributed by atoms with Crippen LogP contribution in [0.25, 0.3) is 11.8 Å². The summed E-state index contributed by atoms with van der Waals surface area (Å²) in [5.41, 5.74) is 4.89. The maximum atomic E-state index is 13.8. The zero-order valence-corrected chi connectivity index (χ0v) is 20.6. The molecule has 0 spiro atoms. The lowest BCUT2D eigenvalue weighted by molar-refractivity contribution is -0.385. The maximum absolute atomic E-state index is 13.8. The van der Waals surface area contributed by atoms with E-state index in [1.165, 1.54) is 29.0 Å². The summed E-state index contributed by atoms with van der Waals surface area (Å²) in [7, 11) is 1.62. The molecule has 0 saturated carbocycles. The lowest BCUT2D eigenvalue weighted by Gasteiger charge is -2.31. The fourth-order valence-corrected chi connectivity index (χ4v) is 6.12. The first-order valence-corrected chi connectivity index (χ1v) is 12.5. The number of aryl methyl sites for hydroxylation is 1. The van der Waals surface area contributed by atoms with Gasteiger partial charge in [0.25, 0.3) is 5.56 Å². The van der Waals surface area contributed by atoms with Crippen molar-refractivity contribution in [3.05, 3.63) is 124 Å². The van der Waals surface area contributed by atoms with Gasteiger partial charge in [-0.25, -0.2) is 4.99 Å². The van der Waals surface area contributed by atoms with E-state index in [2.05, 4.69) is 12.1 Å². The molecule has 184 valence electrons. The number of benzene rings is 3. The molecule has 4 aromatic rings. The molecule has 2 heterocycles. The van der Waals surface area contributed by atoms with E-state index >= 15 is 0 Å². The van der Waals surface area contributed by atoms with Crippen molar-refractivity contribution in [2.75, 3.05) is 7.11 Å². The Morgan fingerprint density at radius 3 is 2.73 bits per heavy atom. The van der Waals surface area contributed by atoms with Crippen molar-refractivity contribution < 1.29 is 14.8 Å². The molecular formula is C28H21N3O5S. The summed E-state index contributed by atoms with van der Waals surface area (Å²) in [4.78, 5) is 30.0. The molecule has 0 saturated heterocycles. The number of ether oxygens (including phenoxy) is 1. The van der Waals surface area contributed by atoms with Gasteiger partial charge in [0.1, 0.15) is 5.75 Å². The predicted octanol–water partition coefficient (Wildman–Crippen LogP) is 3.94. The minimum absolute atomic E-state index is 0.235. The standard InChI is InChI=1S/C28H21N3O5S/c1-36-23-9-5-4-8-19(23)26-20-12-11-17-6-2-3-7-18(17)25(20)29-28-30(26)27(33)24(37-28)15-16-10-13-22(32)21(14-16)31(34)35/h2-10,13-15,26,32H,11-12H2,1H3/b24-15-/t26-/m1/s1. The average Bonchev–Trinajstić information content (AvgIpc) is 3.22. The molecular weight excluding hydrogens is 490 g/mol. The van der Waals surface area contributed by atoms with E-state index in [1.807, 2.05) is 36.4 Å². The molecule has 9 heteroatoms. The molecule has 2 aliphatic rings. The number of phenols is 1. The highest BCUT2D eigenvalue weighted by Gasteiger charge is 2.34. The van der Waals surface area contributed by atoms with Crippen molar-refractivity contribution >= 4 is 28.8 Å². The Kier molecular flexibility index (Phi) is 5.49. The number of allylic oxidation sites excluding steroid dienone is 1. The van der Waals surface area contributed by atoms with Gasteiger partial charge in [0.2, 0.25) is 0 Å². The number of hydrogen-bond acceptors (Lipinski definition) is 7. The van der Waals surface area contributed by atoms with Gasteiger partial charge in [0.05, 0.1) is 28.3 Å². The smallest absolute Gasteiger partial charge is 0.311 e. The summed E-state index contributed by atoms with van der Waals surface area (Å²) in [6, 6.07) is 19.5. The van der Waals surface area contributed by atoms with E-state index in [0.717, 1.165) is 35.2 Å². The number of methoxy groups -OCH3 is 1. The number of rotatable bonds is 4. The summed E-state index contributed by atoms with van der Waals surface area (Å²) in [5.74, 6) is 0.259. The summed E-state index contributed by atoms with van der Waals surface area (Å²) >= 11 is 1.24. The molecule has 1 aromatic heterocycles. The fraction of sp³-hybridized carbons (Fsp3) is 0.143. The Hall–Kier alpha value is -4.50. The molecule has 1 N–H and O–H groups in total. The number of thiazole rings is 1. The normalized spacial score (nSPS) is 16.5. The number of aromatic hydroxyl groups is 1. The second-order valence-corrected chi connectivity index (χ2v) is 9.87. The summed E-state index contributed by atoms with van der Waals surface area (Å²) in [6.45, 7) is 0. The molecule has 6 rings (SSSR count). The summed E-state index contributed by atoms with van der Waals surface area (Å²) in [6.07, 6.45) is 3.20. The number of nitro benzene ring substituents is 1. The first-order chi connectivity index (χ1) is 18.0. The highest BCUT2D eigenvalue weighted by molar-refractivity contribution is 7.07. The van der Waals surface area contributed by atoms with Crippen molar-refractivity contribution in [1.82, 2.24) is 4.57 Å². The lowest BCUT2D eigenvalue weighted by atomic mass is 9.83. The van der Waals surface area contributed by atoms with Crippen LogP contribution in [0.2, 0.25) is 0 Å². The summed E-state index contributed by atoms with van der Waals surface area (Å²) in [5, 5.41) is 21.1. The predicted molar refractivity (Wildman–Crippen MR) is 141 cm³/mol. The SMILES string of the molecule is COc1ccccc1[C@@H]1C2=C(N=c3s/c(=C\c4ccc(O)c([N+](=O)[O-])c4)c(=O)n31)c1ccccc1CC2. The van der Waals surface area contributed by atoms with Gasteiger partial charge in [-0.15, -0.1) is 0 Å². The maximum Gasteiger partial charge on any atom is 0.311 e. The third-order valence-electron chi connectivity index (χ3n) is 6.80. The van der Waals surface area contributed by atoms with Crippen molar-refractivity contribution in [2.24, 2.45) is 4.99 Å². The number of nitrogens with zero attached hydrogens (tertiary/aromatic N) is 3. The van der Waals surface area contributed by atoms with Gasteiger partial charge < -0.3 is 9.84 Å². The van der Waals surface area contributed by atoms with E-state index in [-0.39, 0.29) is 5.56 Å². The minimum Gasteiger partial charge on any atom is -0.502 e. The Balaban J connectivity index is 1.62. The van der Waals surface area contributed by atoms with Gasteiger partial charge in [-0.2, -0.15) is 0 Å². The van der Waals surface area contributed by atoms with Crippen LogP contribution in [0.1, 0.15) is 34.7 Å². The van der Waals surface area contributed by atoms with Crippen LogP contribution in [-0.4, -0.2) is 21.7 Å². The van der Waals surface area contributed by atoms with Gasteiger partial charge in [-0.1, -0.05) is 59.9 Å². The topological polar surface area (TPSA) is 107 Å². The van der Waals surface area contributed by atoms with Crippen LogP contribution in [0.4, 0.5) is 5.69 Å². The minimum atomic E-state index is -0.651. The fourth-order valence-electron chi connectivity index (χ4n) is 5.12. The Bertz CT molecular complexity index is 1800.